The fraction of sp³-hybridized carbons (Fsp3) is 0.200. The van der Waals surface area contributed by atoms with E-state index in [9.17, 15) is 0 Å². The Bertz CT molecular complexity index is 868. The maximum Gasteiger partial charge on any atom is 0.223 e. The van der Waals surface area contributed by atoms with Crippen molar-refractivity contribution in [1.29, 1.82) is 0 Å². The summed E-state index contributed by atoms with van der Waals surface area (Å²) < 4.78 is 11.2. The highest BCUT2D eigenvalue weighted by Crippen LogP contribution is 2.31. The summed E-state index contributed by atoms with van der Waals surface area (Å²) in [4.78, 5) is 9.01. The zero-order valence-electron chi connectivity index (χ0n) is 14.5. The Morgan fingerprint density at radius 2 is 1.72 bits per heavy atom. The maximum atomic E-state index is 5.90. The lowest BCUT2D eigenvalue weighted by Crippen LogP contribution is -1.96. The van der Waals surface area contributed by atoms with E-state index in [0.29, 0.717) is 22.5 Å². The van der Waals surface area contributed by atoms with Gasteiger partial charge in [-0.2, -0.15) is 4.98 Å². The highest BCUT2D eigenvalue weighted by Gasteiger charge is 2.09. The molecule has 0 spiro atoms. The Hall–Kier alpha value is -2.53. The number of ether oxygens (including phenoxy) is 2. The highest BCUT2D eigenvalue weighted by atomic mass is 32.2. The second kappa shape index (κ2) is 8.03. The Labute approximate surface area is 152 Å². The average Bonchev–Trinajstić information content (AvgIpc) is 2.60. The molecule has 3 aromatic rings. The van der Waals surface area contributed by atoms with Gasteiger partial charge >= 0.3 is 0 Å². The molecule has 0 unspecified atom stereocenters. The van der Waals surface area contributed by atoms with Crippen molar-refractivity contribution in [1.82, 2.24) is 9.97 Å². The SMILES string of the molecule is COc1ccccc1Oc1cc(C)nc(SCc2cccc(C)c2)n1. The predicted molar refractivity (Wildman–Crippen MR) is 101 cm³/mol. The molecular formula is C20H20N2O2S. The number of para-hydroxylation sites is 2. The van der Waals surface area contributed by atoms with Gasteiger partial charge < -0.3 is 9.47 Å². The Balaban J connectivity index is 1.76. The molecule has 0 atom stereocenters. The van der Waals surface area contributed by atoms with E-state index in [2.05, 4.69) is 41.2 Å². The quantitative estimate of drug-likeness (QED) is 0.451. The molecule has 0 bridgehead atoms. The smallest absolute Gasteiger partial charge is 0.223 e. The summed E-state index contributed by atoms with van der Waals surface area (Å²) in [5.41, 5.74) is 3.37. The highest BCUT2D eigenvalue weighted by molar-refractivity contribution is 7.98. The summed E-state index contributed by atoms with van der Waals surface area (Å²) in [6.45, 7) is 4.03. The van der Waals surface area contributed by atoms with Crippen LogP contribution < -0.4 is 9.47 Å². The Morgan fingerprint density at radius 1 is 0.920 bits per heavy atom. The molecule has 2 aromatic carbocycles. The van der Waals surface area contributed by atoms with Gasteiger partial charge in [-0.1, -0.05) is 53.7 Å². The lowest BCUT2D eigenvalue weighted by atomic mass is 10.2. The first-order valence-corrected chi connectivity index (χ1v) is 8.97. The van der Waals surface area contributed by atoms with Crippen molar-refractivity contribution in [3.05, 3.63) is 71.4 Å². The number of hydrogen-bond acceptors (Lipinski definition) is 5. The first-order valence-electron chi connectivity index (χ1n) is 7.99. The van der Waals surface area contributed by atoms with Crippen LogP contribution in [0.5, 0.6) is 17.4 Å². The van der Waals surface area contributed by atoms with Crippen LogP contribution in [0.15, 0.2) is 59.8 Å². The number of nitrogens with zero attached hydrogens (tertiary/aromatic N) is 2. The third-order valence-corrected chi connectivity index (χ3v) is 4.46. The zero-order valence-corrected chi connectivity index (χ0v) is 15.3. The van der Waals surface area contributed by atoms with Crippen LogP contribution in [0.3, 0.4) is 0 Å². The van der Waals surface area contributed by atoms with Gasteiger partial charge in [0.2, 0.25) is 5.88 Å². The molecule has 5 heteroatoms. The summed E-state index contributed by atoms with van der Waals surface area (Å²) in [5.74, 6) is 2.65. The lowest BCUT2D eigenvalue weighted by Gasteiger charge is -2.10. The Kier molecular flexibility index (Phi) is 5.56. The van der Waals surface area contributed by atoms with Gasteiger partial charge in [0.15, 0.2) is 16.7 Å². The van der Waals surface area contributed by atoms with E-state index in [1.807, 2.05) is 37.3 Å². The van der Waals surface area contributed by atoms with Crippen LogP contribution in [0.2, 0.25) is 0 Å². The summed E-state index contributed by atoms with van der Waals surface area (Å²) >= 11 is 1.60. The van der Waals surface area contributed by atoms with Crippen molar-refractivity contribution in [2.45, 2.75) is 24.8 Å². The molecule has 0 aliphatic heterocycles. The minimum Gasteiger partial charge on any atom is -0.493 e. The van der Waals surface area contributed by atoms with Gasteiger partial charge in [-0.3, -0.25) is 0 Å². The van der Waals surface area contributed by atoms with Crippen LogP contribution >= 0.6 is 11.8 Å². The van der Waals surface area contributed by atoms with Crippen LogP contribution in [-0.4, -0.2) is 17.1 Å². The van der Waals surface area contributed by atoms with Gasteiger partial charge in [0.25, 0.3) is 0 Å². The zero-order chi connectivity index (χ0) is 17.6. The molecule has 0 aliphatic carbocycles. The molecule has 0 fully saturated rings. The van der Waals surface area contributed by atoms with E-state index in [1.54, 1.807) is 18.9 Å². The van der Waals surface area contributed by atoms with E-state index >= 15 is 0 Å². The second-order valence-electron chi connectivity index (χ2n) is 5.66. The minimum absolute atomic E-state index is 0.517. The molecule has 128 valence electrons. The molecule has 0 saturated carbocycles. The Morgan fingerprint density at radius 3 is 2.48 bits per heavy atom. The molecule has 0 amide bonds. The minimum atomic E-state index is 0.517. The molecule has 0 saturated heterocycles. The van der Waals surface area contributed by atoms with Crippen LogP contribution in [0.4, 0.5) is 0 Å². The molecule has 0 aliphatic rings. The van der Waals surface area contributed by atoms with E-state index in [0.717, 1.165) is 11.4 Å². The second-order valence-corrected chi connectivity index (χ2v) is 6.60. The van der Waals surface area contributed by atoms with Crippen LogP contribution in [0, 0.1) is 13.8 Å². The molecule has 3 rings (SSSR count). The van der Waals surface area contributed by atoms with Crippen molar-refractivity contribution in [3.8, 4) is 17.4 Å². The fourth-order valence-corrected chi connectivity index (χ4v) is 3.23. The number of methoxy groups -OCH3 is 1. The third kappa shape index (κ3) is 4.73. The number of aryl methyl sites for hydroxylation is 2. The summed E-state index contributed by atoms with van der Waals surface area (Å²) in [7, 11) is 1.62. The van der Waals surface area contributed by atoms with E-state index in [1.165, 1.54) is 11.1 Å². The summed E-state index contributed by atoms with van der Waals surface area (Å²) in [6.07, 6.45) is 0. The average molecular weight is 352 g/mol. The van der Waals surface area contributed by atoms with E-state index < -0.39 is 0 Å². The molecule has 1 aromatic heterocycles. The first kappa shape index (κ1) is 17.3. The fourth-order valence-electron chi connectivity index (χ4n) is 2.40. The van der Waals surface area contributed by atoms with Gasteiger partial charge in [-0.15, -0.1) is 0 Å². The van der Waals surface area contributed by atoms with Gasteiger partial charge in [0.1, 0.15) is 0 Å². The van der Waals surface area contributed by atoms with Crippen LogP contribution in [-0.2, 0) is 5.75 Å². The maximum absolute atomic E-state index is 5.90. The molecule has 25 heavy (non-hydrogen) atoms. The number of hydrogen-bond donors (Lipinski definition) is 0. The monoisotopic (exact) mass is 352 g/mol. The molecular weight excluding hydrogens is 332 g/mol. The topological polar surface area (TPSA) is 44.2 Å². The van der Waals surface area contributed by atoms with Crippen molar-refractivity contribution >= 4 is 11.8 Å². The lowest BCUT2D eigenvalue weighted by molar-refractivity contribution is 0.372. The van der Waals surface area contributed by atoms with Gasteiger partial charge in [0, 0.05) is 17.5 Å². The number of aromatic nitrogens is 2. The van der Waals surface area contributed by atoms with Crippen molar-refractivity contribution in [2.75, 3.05) is 7.11 Å². The largest absolute Gasteiger partial charge is 0.493 e. The normalized spacial score (nSPS) is 10.5. The summed E-state index contributed by atoms with van der Waals surface area (Å²) in [6, 6.07) is 17.8. The van der Waals surface area contributed by atoms with Crippen LogP contribution in [0.1, 0.15) is 16.8 Å². The standard InChI is InChI=1S/C20H20N2O2S/c1-14-7-6-8-16(11-14)13-25-20-21-15(2)12-19(22-20)24-18-10-5-4-9-17(18)23-3/h4-12H,13H2,1-3H3. The third-order valence-electron chi connectivity index (χ3n) is 3.54. The van der Waals surface area contributed by atoms with Crippen molar-refractivity contribution in [3.63, 3.8) is 0 Å². The van der Waals surface area contributed by atoms with Crippen LogP contribution in [0.25, 0.3) is 0 Å². The number of rotatable bonds is 6. The number of benzene rings is 2. The summed E-state index contributed by atoms with van der Waals surface area (Å²) in [5, 5.41) is 0.700. The van der Waals surface area contributed by atoms with Crippen molar-refractivity contribution in [2.24, 2.45) is 0 Å². The molecule has 1 heterocycles. The molecule has 0 radical (unpaired) electrons. The molecule has 4 nitrogen and oxygen atoms in total. The van der Waals surface area contributed by atoms with Gasteiger partial charge in [0.05, 0.1) is 7.11 Å². The molecule has 0 N–H and O–H groups in total. The van der Waals surface area contributed by atoms with Gasteiger partial charge in [-0.25, -0.2) is 4.98 Å². The first-order chi connectivity index (χ1) is 12.1. The van der Waals surface area contributed by atoms with E-state index in [-0.39, 0.29) is 0 Å². The predicted octanol–water partition coefficient (Wildman–Crippen LogP) is 5.19. The number of thioether (sulfide) groups is 1. The van der Waals surface area contributed by atoms with Gasteiger partial charge in [-0.05, 0) is 31.5 Å². The van der Waals surface area contributed by atoms with Crippen molar-refractivity contribution < 1.29 is 9.47 Å². The van der Waals surface area contributed by atoms with E-state index in [4.69, 9.17) is 9.47 Å².